The molecule has 7 rings (SSSR count). The van der Waals surface area contributed by atoms with Gasteiger partial charge in [0.05, 0.1) is 0 Å². The zero-order valence-corrected chi connectivity index (χ0v) is 26.8. The number of aryl methyl sites for hydroxylation is 2. The van der Waals surface area contributed by atoms with Crippen LogP contribution in [0.15, 0.2) is 90.6 Å². The maximum absolute atomic E-state index is 6.51. The van der Waals surface area contributed by atoms with Crippen molar-refractivity contribution in [1.82, 2.24) is 0 Å². The van der Waals surface area contributed by atoms with Crippen LogP contribution in [0.4, 0.5) is 0 Å². The molecule has 3 aromatic rings. The molecule has 4 heterocycles. The van der Waals surface area contributed by atoms with Crippen molar-refractivity contribution >= 4 is 17.2 Å². The van der Waals surface area contributed by atoms with Crippen LogP contribution in [-0.4, -0.2) is 11.2 Å². The summed E-state index contributed by atoms with van der Waals surface area (Å²) in [7, 11) is 4.12. The van der Waals surface area contributed by atoms with Crippen LogP contribution in [0.3, 0.4) is 0 Å². The van der Waals surface area contributed by atoms with E-state index < -0.39 is 11.2 Å². The molecule has 4 aliphatic rings. The van der Waals surface area contributed by atoms with Crippen molar-refractivity contribution in [3.63, 3.8) is 0 Å². The zero-order chi connectivity index (χ0) is 30.2. The van der Waals surface area contributed by atoms with Gasteiger partial charge in [0.1, 0.15) is 19.7 Å². The van der Waals surface area contributed by atoms with Crippen molar-refractivity contribution in [2.45, 2.75) is 72.0 Å². The fourth-order valence-electron chi connectivity index (χ4n) is 6.19. The minimum absolute atomic E-state index is 0.0171. The largest absolute Gasteiger partial charge is 0.220 e. The lowest BCUT2D eigenvalue weighted by Gasteiger charge is -2.52. The summed E-state index contributed by atoms with van der Waals surface area (Å²) in [5.41, 5.74) is 10.2. The molecule has 4 heteroatoms. The summed E-state index contributed by atoms with van der Waals surface area (Å²) in [4.78, 5) is 12.8. The van der Waals surface area contributed by atoms with Crippen LogP contribution in [0.2, 0.25) is 0 Å². The van der Waals surface area contributed by atoms with Crippen LogP contribution in [0.5, 0.6) is 0 Å². The molecule has 4 nitrogen and oxygen atoms in total. The van der Waals surface area contributed by atoms with E-state index in [0.29, 0.717) is 0 Å². The van der Waals surface area contributed by atoms with E-state index in [9.17, 15) is 0 Å². The van der Waals surface area contributed by atoms with Crippen LogP contribution in [-0.2, 0) is 29.3 Å². The monoisotopic (exact) mass is 560 g/mol. The molecule has 0 fully saturated rings. The molecule has 42 heavy (non-hydrogen) atoms. The Hall–Kier alpha value is -3.60. The third-order valence-corrected chi connectivity index (χ3v) is 9.38. The lowest BCUT2D eigenvalue weighted by Crippen LogP contribution is -2.55. The van der Waals surface area contributed by atoms with Gasteiger partial charge in [0.25, 0.3) is 0 Å². The summed E-state index contributed by atoms with van der Waals surface area (Å²) in [6.07, 6.45) is 17.8. The van der Waals surface area contributed by atoms with Gasteiger partial charge in [0.15, 0.2) is 30.4 Å². The molecule has 0 radical (unpaired) electrons. The summed E-state index contributed by atoms with van der Waals surface area (Å²) >= 11 is 0. The van der Waals surface area contributed by atoms with E-state index >= 15 is 0 Å². The molecule has 0 amide bonds. The molecule has 2 aromatic heterocycles. The third kappa shape index (κ3) is 4.53. The van der Waals surface area contributed by atoms with Crippen molar-refractivity contribution in [2.24, 2.45) is 19.5 Å². The fourth-order valence-corrected chi connectivity index (χ4v) is 6.19. The molecule has 0 N–H and O–H groups in total. The Balaban J connectivity index is 1.77. The summed E-state index contributed by atoms with van der Waals surface area (Å²) in [6, 6.07) is 13.6. The molecule has 2 unspecified atom stereocenters. The van der Waals surface area contributed by atoms with Gasteiger partial charge in [-0.3, -0.25) is 0 Å². The number of nitrogens with zero attached hydrogens (tertiary/aromatic N) is 2. The first-order valence-electron chi connectivity index (χ1n) is 15.0. The Morgan fingerprint density at radius 3 is 1.83 bits per heavy atom. The normalized spacial score (nSPS) is 24.8. The standard InChI is InChI=1S/C38H44N2O2/c1-25-28-19-29(35(2,3)4)21-31(25)32(26-11-15-39(9)16-12-26)22-30-23-38(36(5,6)7)24-34(37(30,8)41-42-38)33(20-28)27-13-17-40(10)18-14-27/h11-24H,1-10H3/q+2/b32-22-,33-20?. The average molecular weight is 561 g/mol. The van der Waals surface area contributed by atoms with Gasteiger partial charge in [-0.25, -0.2) is 18.9 Å². The van der Waals surface area contributed by atoms with Gasteiger partial charge in [-0.15, -0.1) is 0 Å². The number of hydrogen-bond acceptors (Lipinski definition) is 2. The summed E-state index contributed by atoms with van der Waals surface area (Å²) in [5, 5.41) is 0. The number of rotatable bonds is 2. The first-order chi connectivity index (χ1) is 19.6. The van der Waals surface area contributed by atoms with Crippen molar-refractivity contribution < 1.29 is 18.9 Å². The van der Waals surface area contributed by atoms with E-state index in [0.717, 1.165) is 22.3 Å². The van der Waals surface area contributed by atoms with E-state index in [1.165, 1.54) is 33.4 Å². The molecule has 0 saturated carbocycles. The van der Waals surface area contributed by atoms with Crippen molar-refractivity contribution in [2.75, 3.05) is 0 Å². The van der Waals surface area contributed by atoms with Gasteiger partial charge >= 0.3 is 0 Å². The zero-order valence-electron chi connectivity index (χ0n) is 26.8. The molecule has 2 aliphatic carbocycles. The van der Waals surface area contributed by atoms with E-state index in [2.05, 4.69) is 164 Å². The van der Waals surface area contributed by atoms with E-state index in [-0.39, 0.29) is 10.8 Å². The van der Waals surface area contributed by atoms with Crippen molar-refractivity contribution in [3.8, 4) is 0 Å². The molecular formula is C38H44N2O2+2. The average Bonchev–Trinajstić information content (AvgIpc) is 2.91. The number of hydrogen-bond donors (Lipinski definition) is 0. The molecule has 0 spiro atoms. The number of benzene rings is 1. The minimum Gasteiger partial charge on any atom is -0.220 e. The number of aromatic nitrogens is 2. The first kappa shape index (κ1) is 28.5. The molecule has 2 atom stereocenters. The Morgan fingerprint density at radius 2 is 1.29 bits per heavy atom. The number of fused-ring (bicyclic) bond motifs is 3. The lowest BCUT2D eigenvalue weighted by molar-refractivity contribution is -0.671. The van der Waals surface area contributed by atoms with Crippen LogP contribution >= 0.6 is 0 Å². The topological polar surface area (TPSA) is 26.2 Å². The minimum atomic E-state index is -0.793. The van der Waals surface area contributed by atoms with Crippen LogP contribution < -0.4 is 9.13 Å². The van der Waals surface area contributed by atoms with Crippen LogP contribution in [0.25, 0.3) is 17.2 Å². The van der Waals surface area contributed by atoms with Gasteiger partial charge in [0, 0.05) is 29.7 Å². The lowest BCUT2D eigenvalue weighted by atomic mass is 9.64. The highest BCUT2D eigenvalue weighted by Crippen LogP contribution is 2.56. The SMILES string of the molecule is Cc1c2cc(C(C)(C)C)cc1/C(c1cc[n+](C)cc1)=C\C1=CC3(C(C)(C)C)C=C(C(c4cc[n+](C)cc4)=C2)C1(C)OO3. The Kier molecular flexibility index (Phi) is 6.42. The second-order valence-corrected chi connectivity index (χ2v) is 14.5. The summed E-state index contributed by atoms with van der Waals surface area (Å²) in [6.45, 7) is 17.9. The van der Waals surface area contributed by atoms with Gasteiger partial charge in [-0.05, 0) is 99.2 Å². The highest BCUT2D eigenvalue weighted by atomic mass is 17.2. The highest BCUT2D eigenvalue weighted by Gasteiger charge is 2.56. The smallest absolute Gasteiger partial charge is 0.169 e. The number of pyridine rings is 2. The molecule has 6 bridgehead atoms. The van der Waals surface area contributed by atoms with Crippen LogP contribution in [0, 0.1) is 12.3 Å². The van der Waals surface area contributed by atoms with Gasteiger partial charge in [-0.1, -0.05) is 53.7 Å². The maximum atomic E-state index is 6.51. The Labute approximate surface area is 251 Å². The van der Waals surface area contributed by atoms with E-state index in [1.807, 2.05) is 0 Å². The quantitative estimate of drug-likeness (QED) is 0.243. The van der Waals surface area contributed by atoms with Gasteiger partial charge in [0.2, 0.25) is 0 Å². The molecule has 216 valence electrons. The van der Waals surface area contributed by atoms with E-state index in [1.54, 1.807) is 0 Å². The van der Waals surface area contributed by atoms with Crippen molar-refractivity contribution in [1.29, 1.82) is 0 Å². The maximum Gasteiger partial charge on any atom is 0.169 e. The summed E-state index contributed by atoms with van der Waals surface area (Å²) in [5.74, 6) is 0. The third-order valence-electron chi connectivity index (χ3n) is 9.38. The molecule has 2 aliphatic heterocycles. The van der Waals surface area contributed by atoms with Gasteiger partial charge in [-0.2, -0.15) is 0 Å². The predicted octanol–water partition coefficient (Wildman–Crippen LogP) is 7.30. The Morgan fingerprint density at radius 1 is 0.714 bits per heavy atom. The Bertz CT molecular complexity index is 1710. The second-order valence-electron chi connectivity index (χ2n) is 14.5. The summed E-state index contributed by atoms with van der Waals surface area (Å²) < 4.78 is 4.16. The van der Waals surface area contributed by atoms with E-state index in [4.69, 9.17) is 9.78 Å². The van der Waals surface area contributed by atoms with Crippen LogP contribution in [0.1, 0.15) is 81.8 Å². The first-order valence-corrected chi connectivity index (χ1v) is 15.0. The van der Waals surface area contributed by atoms with Gasteiger partial charge < -0.3 is 0 Å². The molecule has 0 saturated heterocycles. The highest BCUT2D eigenvalue weighted by molar-refractivity contribution is 5.97. The molecule has 1 aromatic carbocycles. The predicted molar refractivity (Wildman–Crippen MR) is 169 cm³/mol. The molecular weight excluding hydrogens is 516 g/mol. The fraction of sp³-hybridized carbons (Fsp3) is 0.368. The van der Waals surface area contributed by atoms with Crippen molar-refractivity contribution in [3.05, 3.63) is 124 Å². The second kappa shape index (κ2) is 9.45.